The monoisotopic (exact) mass is 223 g/mol. The maximum atomic E-state index is 10.9. The number of rotatable bonds is 5. The Bertz CT molecular complexity index is 322. The third-order valence-electron chi connectivity index (χ3n) is 2.01. The van der Waals surface area contributed by atoms with Gasteiger partial charge in [0.15, 0.2) is 0 Å². The van der Waals surface area contributed by atoms with Crippen molar-refractivity contribution in [3.8, 4) is 11.5 Å². The number of nitrogens with one attached hydrogen (secondary N) is 1. The molecule has 0 aliphatic carbocycles. The van der Waals surface area contributed by atoms with Crippen LogP contribution >= 0.6 is 0 Å². The number of ether oxygens (including phenoxy) is 2. The molecule has 0 bridgehead atoms. The Morgan fingerprint density at radius 1 is 1.25 bits per heavy atom. The lowest BCUT2D eigenvalue weighted by Crippen LogP contribution is -2.21. The van der Waals surface area contributed by atoms with E-state index in [9.17, 15) is 4.79 Å². The minimum atomic E-state index is -0.473. The SMILES string of the molecule is CCCCOc1ccc(OC(=O)NC)cc1. The molecule has 0 unspecified atom stereocenters. The van der Waals surface area contributed by atoms with Crippen molar-refractivity contribution < 1.29 is 14.3 Å². The molecule has 4 nitrogen and oxygen atoms in total. The molecule has 0 saturated carbocycles. The van der Waals surface area contributed by atoms with Crippen molar-refractivity contribution in [3.63, 3.8) is 0 Å². The van der Waals surface area contributed by atoms with Gasteiger partial charge in [-0.1, -0.05) is 13.3 Å². The minimum absolute atomic E-state index is 0.473. The average Bonchev–Trinajstić information content (AvgIpc) is 2.31. The van der Waals surface area contributed by atoms with E-state index in [1.54, 1.807) is 24.3 Å². The van der Waals surface area contributed by atoms with Gasteiger partial charge in [-0.2, -0.15) is 0 Å². The summed E-state index contributed by atoms with van der Waals surface area (Å²) in [4.78, 5) is 10.9. The predicted octanol–water partition coefficient (Wildman–Crippen LogP) is 2.58. The molecule has 0 aliphatic heterocycles. The summed E-state index contributed by atoms with van der Waals surface area (Å²) in [5.74, 6) is 1.29. The predicted molar refractivity (Wildman–Crippen MR) is 61.9 cm³/mol. The maximum Gasteiger partial charge on any atom is 0.412 e. The van der Waals surface area contributed by atoms with Gasteiger partial charge in [0.25, 0.3) is 0 Å². The Kier molecular flexibility index (Phi) is 5.19. The Balaban J connectivity index is 2.44. The van der Waals surface area contributed by atoms with Crippen LogP contribution in [0.1, 0.15) is 19.8 Å². The third kappa shape index (κ3) is 4.21. The maximum absolute atomic E-state index is 10.9. The molecular formula is C12H17NO3. The molecule has 1 amide bonds. The molecule has 0 spiro atoms. The lowest BCUT2D eigenvalue weighted by Gasteiger charge is -2.06. The van der Waals surface area contributed by atoms with Gasteiger partial charge in [-0.25, -0.2) is 4.79 Å². The zero-order valence-electron chi connectivity index (χ0n) is 9.66. The molecule has 1 N–H and O–H groups in total. The lowest BCUT2D eigenvalue weighted by atomic mass is 10.3. The highest BCUT2D eigenvalue weighted by atomic mass is 16.6. The smallest absolute Gasteiger partial charge is 0.412 e. The summed E-state index contributed by atoms with van der Waals surface area (Å²) in [5, 5.41) is 2.38. The van der Waals surface area contributed by atoms with Crippen LogP contribution in [0.2, 0.25) is 0 Å². The first-order valence-corrected chi connectivity index (χ1v) is 5.38. The second kappa shape index (κ2) is 6.71. The normalized spacial score (nSPS) is 9.62. The molecule has 0 saturated heterocycles. The summed E-state index contributed by atoms with van der Waals surface area (Å²) in [7, 11) is 1.52. The van der Waals surface area contributed by atoms with E-state index < -0.39 is 6.09 Å². The number of unbranched alkanes of at least 4 members (excludes halogenated alkanes) is 1. The van der Waals surface area contributed by atoms with Gasteiger partial charge in [-0.05, 0) is 30.7 Å². The van der Waals surface area contributed by atoms with E-state index in [1.807, 2.05) is 0 Å². The van der Waals surface area contributed by atoms with E-state index in [1.165, 1.54) is 7.05 Å². The Labute approximate surface area is 95.6 Å². The fourth-order valence-corrected chi connectivity index (χ4v) is 1.10. The number of amides is 1. The lowest BCUT2D eigenvalue weighted by molar-refractivity contribution is 0.203. The van der Waals surface area contributed by atoms with Gasteiger partial charge < -0.3 is 14.8 Å². The number of hydrogen-bond donors (Lipinski definition) is 1. The molecule has 1 aromatic rings. The number of carbonyl (C=O) groups is 1. The largest absolute Gasteiger partial charge is 0.494 e. The van der Waals surface area contributed by atoms with Crippen LogP contribution in [0.3, 0.4) is 0 Å². The fraction of sp³-hybridized carbons (Fsp3) is 0.417. The Morgan fingerprint density at radius 3 is 2.44 bits per heavy atom. The first-order chi connectivity index (χ1) is 7.76. The van der Waals surface area contributed by atoms with Crippen molar-refractivity contribution in [2.45, 2.75) is 19.8 Å². The van der Waals surface area contributed by atoms with Crippen molar-refractivity contribution >= 4 is 6.09 Å². The standard InChI is InChI=1S/C12H17NO3/c1-3-4-9-15-10-5-7-11(8-6-10)16-12(14)13-2/h5-8H,3-4,9H2,1-2H3,(H,13,14). The van der Waals surface area contributed by atoms with E-state index in [2.05, 4.69) is 12.2 Å². The van der Waals surface area contributed by atoms with Gasteiger partial charge in [0.05, 0.1) is 6.61 Å². The second-order valence-electron chi connectivity index (χ2n) is 3.31. The van der Waals surface area contributed by atoms with Gasteiger partial charge in [0.2, 0.25) is 0 Å². The van der Waals surface area contributed by atoms with Crippen LogP contribution in [0.4, 0.5) is 4.79 Å². The first-order valence-electron chi connectivity index (χ1n) is 5.38. The fourth-order valence-electron chi connectivity index (χ4n) is 1.10. The molecule has 0 heterocycles. The Hall–Kier alpha value is -1.71. The molecular weight excluding hydrogens is 206 g/mol. The van der Waals surface area contributed by atoms with E-state index in [0.717, 1.165) is 18.6 Å². The summed E-state index contributed by atoms with van der Waals surface area (Å²) in [5.41, 5.74) is 0. The summed E-state index contributed by atoms with van der Waals surface area (Å²) >= 11 is 0. The first kappa shape index (κ1) is 12.4. The van der Waals surface area contributed by atoms with Crippen LogP contribution in [0.25, 0.3) is 0 Å². The van der Waals surface area contributed by atoms with E-state index in [4.69, 9.17) is 9.47 Å². The van der Waals surface area contributed by atoms with Gasteiger partial charge in [0, 0.05) is 7.05 Å². The zero-order valence-corrected chi connectivity index (χ0v) is 9.66. The summed E-state index contributed by atoms with van der Waals surface area (Å²) in [6, 6.07) is 6.98. The minimum Gasteiger partial charge on any atom is -0.494 e. The van der Waals surface area contributed by atoms with Crippen LogP contribution in [-0.4, -0.2) is 19.7 Å². The van der Waals surface area contributed by atoms with Gasteiger partial charge >= 0.3 is 6.09 Å². The highest BCUT2D eigenvalue weighted by Crippen LogP contribution is 2.17. The molecule has 1 rings (SSSR count). The zero-order chi connectivity index (χ0) is 11.8. The van der Waals surface area contributed by atoms with Crippen LogP contribution in [0.15, 0.2) is 24.3 Å². The molecule has 0 atom stereocenters. The highest BCUT2D eigenvalue weighted by Gasteiger charge is 2.01. The molecule has 0 radical (unpaired) electrons. The quantitative estimate of drug-likeness (QED) is 0.780. The van der Waals surface area contributed by atoms with Crippen molar-refractivity contribution in [1.82, 2.24) is 5.32 Å². The van der Waals surface area contributed by atoms with E-state index >= 15 is 0 Å². The number of benzene rings is 1. The molecule has 0 fully saturated rings. The average molecular weight is 223 g/mol. The summed E-state index contributed by atoms with van der Waals surface area (Å²) in [6.07, 6.45) is 1.67. The van der Waals surface area contributed by atoms with Crippen LogP contribution in [-0.2, 0) is 0 Å². The van der Waals surface area contributed by atoms with E-state index in [0.29, 0.717) is 12.4 Å². The van der Waals surface area contributed by atoms with Crippen molar-refractivity contribution in [2.24, 2.45) is 0 Å². The van der Waals surface area contributed by atoms with Crippen LogP contribution < -0.4 is 14.8 Å². The van der Waals surface area contributed by atoms with Gasteiger partial charge in [-0.3, -0.25) is 0 Å². The molecule has 0 aliphatic rings. The van der Waals surface area contributed by atoms with Crippen LogP contribution in [0, 0.1) is 0 Å². The molecule has 1 aromatic carbocycles. The second-order valence-corrected chi connectivity index (χ2v) is 3.31. The molecule has 4 heteroatoms. The van der Waals surface area contributed by atoms with Crippen molar-refractivity contribution in [2.75, 3.05) is 13.7 Å². The van der Waals surface area contributed by atoms with Crippen LogP contribution in [0.5, 0.6) is 11.5 Å². The van der Waals surface area contributed by atoms with Crippen molar-refractivity contribution in [1.29, 1.82) is 0 Å². The van der Waals surface area contributed by atoms with Gasteiger partial charge in [0.1, 0.15) is 11.5 Å². The Morgan fingerprint density at radius 2 is 1.88 bits per heavy atom. The summed E-state index contributed by atoms with van der Waals surface area (Å²) in [6.45, 7) is 2.83. The summed E-state index contributed by atoms with van der Waals surface area (Å²) < 4.78 is 10.4. The van der Waals surface area contributed by atoms with Gasteiger partial charge in [-0.15, -0.1) is 0 Å². The highest BCUT2D eigenvalue weighted by molar-refractivity contribution is 5.69. The third-order valence-corrected chi connectivity index (χ3v) is 2.01. The van der Waals surface area contributed by atoms with Crippen molar-refractivity contribution in [3.05, 3.63) is 24.3 Å². The number of hydrogen-bond acceptors (Lipinski definition) is 3. The molecule has 88 valence electrons. The topological polar surface area (TPSA) is 47.6 Å². The molecule has 0 aromatic heterocycles. The number of carbonyl (C=O) groups excluding carboxylic acids is 1. The van der Waals surface area contributed by atoms with E-state index in [-0.39, 0.29) is 0 Å². The molecule has 16 heavy (non-hydrogen) atoms.